The van der Waals surface area contributed by atoms with Gasteiger partial charge in [-0.15, -0.1) is 0 Å². The standard InChI is InChI=1S/C15H23NO/c1-11-4-2-5-12(10-11)16-9-8-13-14(16)6-3-7-15(13)17/h8-9,11-12,15,17H,2-7,10H2,1H3. The number of hydrogen-bond donors (Lipinski definition) is 1. The van der Waals surface area contributed by atoms with Crippen LogP contribution in [0.1, 0.15) is 68.9 Å². The molecule has 3 rings (SSSR count). The molecule has 1 heterocycles. The van der Waals surface area contributed by atoms with Gasteiger partial charge in [0.1, 0.15) is 0 Å². The van der Waals surface area contributed by atoms with E-state index in [2.05, 4.69) is 23.8 Å². The Kier molecular flexibility index (Phi) is 2.99. The number of fused-ring (bicyclic) bond motifs is 1. The molecule has 0 amide bonds. The summed E-state index contributed by atoms with van der Waals surface area (Å²) in [5.41, 5.74) is 2.62. The molecule has 1 N–H and O–H groups in total. The van der Waals surface area contributed by atoms with Crippen molar-refractivity contribution in [2.45, 2.75) is 64.0 Å². The number of aromatic nitrogens is 1. The second kappa shape index (κ2) is 4.49. The van der Waals surface area contributed by atoms with Crippen molar-refractivity contribution in [2.24, 2.45) is 5.92 Å². The van der Waals surface area contributed by atoms with E-state index in [4.69, 9.17) is 0 Å². The fourth-order valence-corrected chi connectivity index (χ4v) is 3.69. The van der Waals surface area contributed by atoms with Crippen LogP contribution >= 0.6 is 0 Å². The van der Waals surface area contributed by atoms with Crippen molar-refractivity contribution in [3.05, 3.63) is 23.5 Å². The maximum Gasteiger partial charge on any atom is 0.0807 e. The first-order valence-corrected chi connectivity index (χ1v) is 7.13. The Balaban J connectivity index is 1.88. The van der Waals surface area contributed by atoms with Gasteiger partial charge in [-0.1, -0.05) is 19.8 Å². The van der Waals surface area contributed by atoms with Gasteiger partial charge in [0.25, 0.3) is 0 Å². The maximum absolute atomic E-state index is 10.0. The summed E-state index contributed by atoms with van der Waals surface area (Å²) in [6.07, 6.45) is 10.6. The normalized spacial score (nSPS) is 33.4. The van der Waals surface area contributed by atoms with Gasteiger partial charge in [0.15, 0.2) is 0 Å². The molecule has 2 aliphatic carbocycles. The van der Waals surface area contributed by atoms with Crippen molar-refractivity contribution in [1.82, 2.24) is 4.57 Å². The van der Waals surface area contributed by atoms with Crippen LogP contribution in [-0.2, 0) is 6.42 Å². The molecule has 0 saturated heterocycles. The summed E-state index contributed by atoms with van der Waals surface area (Å²) in [5, 5.41) is 10.0. The number of aliphatic hydroxyl groups excluding tert-OH is 1. The highest BCUT2D eigenvalue weighted by molar-refractivity contribution is 5.28. The molecule has 0 spiro atoms. The molecule has 1 aromatic rings. The molecule has 94 valence electrons. The van der Waals surface area contributed by atoms with Crippen molar-refractivity contribution >= 4 is 0 Å². The van der Waals surface area contributed by atoms with E-state index in [1.165, 1.54) is 36.9 Å². The first-order chi connectivity index (χ1) is 8.25. The molecule has 2 heteroatoms. The van der Waals surface area contributed by atoms with Crippen LogP contribution in [0.2, 0.25) is 0 Å². The number of nitrogens with zero attached hydrogens (tertiary/aromatic N) is 1. The number of hydrogen-bond acceptors (Lipinski definition) is 1. The number of aliphatic hydroxyl groups is 1. The van der Waals surface area contributed by atoms with Crippen LogP contribution < -0.4 is 0 Å². The van der Waals surface area contributed by atoms with Gasteiger partial charge >= 0.3 is 0 Å². The molecule has 1 fully saturated rings. The van der Waals surface area contributed by atoms with Gasteiger partial charge in [0, 0.05) is 23.5 Å². The Bertz CT molecular complexity index is 396. The van der Waals surface area contributed by atoms with E-state index >= 15 is 0 Å². The lowest BCUT2D eigenvalue weighted by atomic mass is 9.86. The van der Waals surface area contributed by atoms with E-state index in [9.17, 15) is 5.11 Å². The fourth-order valence-electron chi connectivity index (χ4n) is 3.69. The van der Waals surface area contributed by atoms with Crippen LogP contribution in [0, 0.1) is 5.92 Å². The third-order valence-electron chi connectivity index (χ3n) is 4.61. The largest absolute Gasteiger partial charge is 0.388 e. The van der Waals surface area contributed by atoms with E-state index in [1.54, 1.807) is 0 Å². The summed E-state index contributed by atoms with van der Waals surface area (Å²) >= 11 is 0. The van der Waals surface area contributed by atoms with Gasteiger partial charge < -0.3 is 9.67 Å². The van der Waals surface area contributed by atoms with E-state index in [1.807, 2.05) is 0 Å². The predicted molar refractivity (Wildman–Crippen MR) is 69.0 cm³/mol. The Labute approximate surface area is 104 Å². The van der Waals surface area contributed by atoms with Gasteiger partial charge in [-0.2, -0.15) is 0 Å². The SMILES string of the molecule is CC1CCCC(n2ccc3c2CCCC3O)C1. The Morgan fingerprint density at radius 2 is 2.12 bits per heavy atom. The third-order valence-corrected chi connectivity index (χ3v) is 4.61. The van der Waals surface area contributed by atoms with Crippen molar-refractivity contribution in [2.75, 3.05) is 0 Å². The predicted octanol–water partition coefficient (Wildman–Crippen LogP) is 3.61. The summed E-state index contributed by atoms with van der Waals surface area (Å²) < 4.78 is 2.48. The molecular formula is C15H23NO. The summed E-state index contributed by atoms with van der Waals surface area (Å²) in [5.74, 6) is 0.861. The minimum atomic E-state index is -0.207. The Morgan fingerprint density at radius 1 is 1.24 bits per heavy atom. The average Bonchev–Trinajstić information content (AvgIpc) is 2.74. The zero-order valence-electron chi connectivity index (χ0n) is 10.7. The minimum absolute atomic E-state index is 0.207. The van der Waals surface area contributed by atoms with Gasteiger partial charge in [-0.3, -0.25) is 0 Å². The first kappa shape index (κ1) is 11.3. The number of rotatable bonds is 1. The summed E-state index contributed by atoms with van der Waals surface area (Å²) in [6.45, 7) is 2.37. The second-order valence-corrected chi connectivity index (χ2v) is 5.96. The van der Waals surface area contributed by atoms with E-state index in [-0.39, 0.29) is 6.10 Å². The summed E-state index contributed by atoms with van der Waals surface area (Å²) in [7, 11) is 0. The fraction of sp³-hybridized carbons (Fsp3) is 0.733. The highest BCUT2D eigenvalue weighted by Gasteiger charge is 2.26. The molecule has 0 bridgehead atoms. The van der Waals surface area contributed by atoms with E-state index in [0.717, 1.165) is 25.2 Å². The van der Waals surface area contributed by atoms with Crippen molar-refractivity contribution in [3.8, 4) is 0 Å². The molecule has 17 heavy (non-hydrogen) atoms. The first-order valence-electron chi connectivity index (χ1n) is 7.13. The van der Waals surface area contributed by atoms with Gasteiger partial charge in [0.2, 0.25) is 0 Å². The van der Waals surface area contributed by atoms with Crippen LogP contribution in [0.15, 0.2) is 12.3 Å². The highest BCUT2D eigenvalue weighted by atomic mass is 16.3. The van der Waals surface area contributed by atoms with Crippen LogP contribution in [-0.4, -0.2) is 9.67 Å². The van der Waals surface area contributed by atoms with Crippen LogP contribution in [0.25, 0.3) is 0 Å². The van der Waals surface area contributed by atoms with Crippen molar-refractivity contribution < 1.29 is 5.11 Å². The molecule has 0 aromatic carbocycles. The molecule has 1 saturated carbocycles. The van der Waals surface area contributed by atoms with Crippen molar-refractivity contribution in [1.29, 1.82) is 0 Å². The molecule has 3 unspecified atom stereocenters. The van der Waals surface area contributed by atoms with Crippen LogP contribution in [0.5, 0.6) is 0 Å². The quantitative estimate of drug-likeness (QED) is 0.787. The van der Waals surface area contributed by atoms with Crippen LogP contribution in [0.3, 0.4) is 0 Å². The molecule has 2 nitrogen and oxygen atoms in total. The summed E-state index contributed by atoms with van der Waals surface area (Å²) in [4.78, 5) is 0. The third kappa shape index (κ3) is 2.03. The minimum Gasteiger partial charge on any atom is -0.388 e. The topological polar surface area (TPSA) is 25.2 Å². The lowest BCUT2D eigenvalue weighted by molar-refractivity contribution is 0.154. The maximum atomic E-state index is 10.0. The zero-order valence-corrected chi connectivity index (χ0v) is 10.7. The molecule has 1 aromatic heterocycles. The zero-order chi connectivity index (χ0) is 11.8. The molecule has 0 aliphatic heterocycles. The second-order valence-electron chi connectivity index (χ2n) is 5.96. The van der Waals surface area contributed by atoms with Gasteiger partial charge in [-0.25, -0.2) is 0 Å². The van der Waals surface area contributed by atoms with Crippen LogP contribution in [0.4, 0.5) is 0 Å². The van der Waals surface area contributed by atoms with Gasteiger partial charge in [0.05, 0.1) is 6.10 Å². The average molecular weight is 233 g/mol. The highest BCUT2D eigenvalue weighted by Crippen LogP contribution is 2.37. The lowest BCUT2D eigenvalue weighted by Crippen LogP contribution is -2.20. The lowest BCUT2D eigenvalue weighted by Gasteiger charge is -2.31. The summed E-state index contributed by atoms with van der Waals surface area (Å²) in [6, 6.07) is 2.84. The van der Waals surface area contributed by atoms with Gasteiger partial charge in [-0.05, 0) is 44.1 Å². The molecule has 2 aliphatic rings. The Morgan fingerprint density at radius 3 is 2.94 bits per heavy atom. The molecule has 3 atom stereocenters. The van der Waals surface area contributed by atoms with E-state index < -0.39 is 0 Å². The monoisotopic (exact) mass is 233 g/mol. The Hall–Kier alpha value is -0.760. The smallest absolute Gasteiger partial charge is 0.0807 e. The van der Waals surface area contributed by atoms with Crippen molar-refractivity contribution in [3.63, 3.8) is 0 Å². The molecule has 0 radical (unpaired) electrons. The molecular weight excluding hydrogens is 210 g/mol. The van der Waals surface area contributed by atoms with E-state index in [0.29, 0.717) is 6.04 Å².